The second-order valence-electron chi connectivity index (χ2n) is 11.3. The van der Waals surface area contributed by atoms with Crippen molar-refractivity contribution in [2.45, 2.75) is 26.4 Å². The number of anilines is 2. The Balaban J connectivity index is 1.18. The van der Waals surface area contributed by atoms with E-state index in [0.29, 0.717) is 11.6 Å². The third-order valence-electron chi connectivity index (χ3n) is 8.32. The minimum absolute atomic E-state index is 0.134. The number of hydrogen-bond acceptors (Lipinski definition) is 7. The summed E-state index contributed by atoms with van der Waals surface area (Å²) in [5.74, 6) is 0.721. The molecule has 2 aromatic carbocycles. The Morgan fingerprint density at radius 1 is 0.951 bits per heavy atom. The molecule has 4 heterocycles. The van der Waals surface area contributed by atoms with E-state index in [0.717, 1.165) is 92.4 Å². The van der Waals surface area contributed by atoms with Gasteiger partial charge in [-0.1, -0.05) is 18.2 Å². The summed E-state index contributed by atoms with van der Waals surface area (Å²) in [6, 6.07) is 16.8. The number of aryl methyl sites for hydroxylation is 1. The molecular weight excluding hydrogens is 514 g/mol. The number of nitrogens with one attached hydrogen (secondary N) is 1. The molecule has 4 aromatic rings. The molecule has 41 heavy (non-hydrogen) atoms. The Labute approximate surface area is 241 Å². The molecule has 1 N–H and O–H groups in total. The number of carbonyl (C=O) groups excluding carboxylic acids is 1. The summed E-state index contributed by atoms with van der Waals surface area (Å²) >= 11 is 0. The summed E-state index contributed by atoms with van der Waals surface area (Å²) in [4.78, 5) is 25.0. The van der Waals surface area contributed by atoms with Gasteiger partial charge in [-0.2, -0.15) is 5.10 Å². The van der Waals surface area contributed by atoms with Gasteiger partial charge >= 0.3 is 0 Å². The van der Waals surface area contributed by atoms with E-state index in [9.17, 15) is 4.79 Å². The van der Waals surface area contributed by atoms with Gasteiger partial charge in [0.25, 0.3) is 5.91 Å². The van der Waals surface area contributed by atoms with Gasteiger partial charge in [0.2, 0.25) is 0 Å². The van der Waals surface area contributed by atoms with Gasteiger partial charge in [-0.25, -0.2) is 4.98 Å². The number of pyridine rings is 1. The van der Waals surface area contributed by atoms with E-state index in [4.69, 9.17) is 4.74 Å². The first-order chi connectivity index (χ1) is 19.9. The fraction of sp³-hybridized carbons (Fsp3) is 0.406. The van der Waals surface area contributed by atoms with E-state index in [2.05, 4.69) is 68.2 Å². The minimum Gasteiger partial charge on any atom is -0.379 e. The van der Waals surface area contributed by atoms with Crippen LogP contribution in [0.2, 0.25) is 0 Å². The molecule has 0 spiro atoms. The summed E-state index contributed by atoms with van der Waals surface area (Å²) in [6.45, 7) is 12.5. The van der Waals surface area contributed by atoms with Crippen LogP contribution in [0.15, 0.2) is 60.9 Å². The molecule has 9 nitrogen and oxygen atoms in total. The van der Waals surface area contributed by atoms with Crippen molar-refractivity contribution in [1.82, 2.24) is 24.6 Å². The van der Waals surface area contributed by atoms with E-state index in [1.807, 2.05) is 36.1 Å². The highest BCUT2D eigenvalue weighted by molar-refractivity contribution is 6.05. The predicted molar refractivity (Wildman–Crippen MR) is 163 cm³/mol. The van der Waals surface area contributed by atoms with Crippen molar-refractivity contribution in [1.29, 1.82) is 0 Å². The lowest BCUT2D eigenvalue weighted by Gasteiger charge is -2.37. The Morgan fingerprint density at radius 3 is 2.51 bits per heavy atom. The molecule has 1 amide bonds. The first-order valence-corrected chi connectivity index (χ1v) is 14.6. The Kier molecular flexibility index (Phi) is 8.00. The van der Waals surface area contributed by atoms with Crippen LogP contribution in [-0.2, 0) is 18.3 Å². The third-order valence-corrected chi connectivity index (χ3v) is 8.32. The molecule has 2 aliphatic rings. The molecule has 2 aromatic heterocycles. The average molecular weight is 554 g/mol. The van der Waals surface area contributed by atoms with E-state index < -0.39 is 0 Å². The molecule has 0 aliphatic carbocycles. The molecule has 6 rings (SSSR count). The summed E-state index contributed by atoms with van der Waals surface area (Å²) in [7, 11) is 2.00. The van der Waals surface area contributed by atoms with Crippen LogP contribution >= 0.6 is 0 Å². The van der Waals surface area contributed by atoms with Gasteiger partial charge in [0.1, 0.15) is 5.82 Å². The van der Waals surface area contributed by atoms with Gasteiger partial charge in [-0.15, -0.1) is 0 Å². The lowest BCUT2D eigenvalue weighted by molar-refractivity contribution is 0.0332. The van der Waals surface area contributed by atoms with Gasteiger partial charge in [0.15, 0.2) is 0 Å². The van der Waals surface area contributed by atoms with Crippen molar-refractivity contribution in [2.24, 2.45) is 7.05 Å². The molecule has 2 aliphatic heterocycles. The summed E-state index contributed by atoms with van der Waals surface area (Å²) < 4.78 is 7.49. The van der Waals surface area contributed by atoms with E-state index in [1.165, 1.54) is 5.69 Å². The van der Waals surface area contributed by atoms with Crippen LogP contribution in [0.1, 0.15) is 29.9 Å². The highest BCUT2D eigenvalue weighted by Gasteiger charge is 2.21. The number of amides is 1. The topological polar surface area (TPSA) is 78.8 Å². The quantitative estimate of drug-likeness (QED) is 0.367. The minimum atomic E-state index is -0.134. The molecule has 0 bridgehead atoms. The van der Waals surface area contributed by atoms with Crippen LogP contribution < -0.4 is 10.2 Å². The van der Waals surface area contributed by atoms with Gasteiger partial charge < -0.3 is 15.0 Å². The van der Waals surface area contributed by atoms with Crippen molar-refractivity contribution in [3.63, 3.8) is 0 Å². The van der Waals surface area contributed by atoms with Crippen molar-refractivity contribution in [3.05, 3.63) is 72.2 Å². The fourth-order valence-electron chi connectivity index (χ4n) is 5.76. The van der Waals surface area contributed by atoms with Crippen molar-refractivity contribution in [2.75, 3.05) is 62.7 Å². The normalized spacial score (nSPS) is 16.9. The first-order valence-electron chi connectivity index (χ1n) is 14.6. The number of ether oxygens (including phenoxy) is 1. The summed E-state index contributed by atoms with van der Waals surface area (Å²) in [5, 5.41) is 9.87. The van der Waals surface area contributed by atoms with E-state index in [-0.39, 0.29) is 5.91 Å². The van der Waals surface area contributed by atoms with Gasteiger partial charge in [-0.3, -0.25) is 19.3 Å². The summed E-state index contributed by atoms with van der Waals surface area (Å²) in [5.41, 5.74) is 4.82. The maximum Gasteiger partial charge on any atom is 0.255 e. The van der Waals surface area contributed by atoms with Crippen LogP contribution in [-0.4, -0.2) is 89.0 Å². The molecule has 2 saturated heterocycles. The number of nitrogens with zero attached hydrogens (tertiary/aromatic N) is 6. The van der Waals surface area contributed by atoms with E-state index in [1.54, 1.807) is 12.3 Å². The van der Waals surface area contributed by atoms with E-state index >= 15 is 0 Å². The van der Waals surface area contributed by atoms with Crippen LogP contribution in [0.5, 0.6) is 0 Å². The number of rotatable bonds is 7. The Morgan fingerprint density at radius 2 is 1.73 bits per heavy atom. The van der Waals surface area contributed by atoms with Crippen LogP contribution in [0.25, 0.3) is 21.9 Å². The highest BCUT2D eigenvalue weighted by atomic mass is 16.5. The Bertz CT molecular complexity index is 1520. The molecule has 0 radical (unpaired) electrons. The maximum absolute atomic E-state index is 13.3. The highest BCUT2D eigenvalue weighted by Crippen LogP contribution is 2.30. The molecule has 0 unspecified atom stereocenters. The second kappa shape index (κ2) is 12.0. The van der Waals surface area contributed by atoms with Crippen molar-refractivity contribution >= 4 is 28.2 Å². The zero-order chi connectivity index (χ0) is 28.3. The molecule has 0 saturated carbocycles. The molecular formula is C32H39N7O2. The first kappa shape index (κ1) is 27.4. The van der Waals surface area contributed by atoms with Crippen LogP contribution in [0.4, 0.5) is 11.5 Å². The Hall–Kier alpha value is -3.79. The monoisotopic (exact) mass is 553 g/mol. The fourth-order valence-corrected chi connectivity index (χ4v) is 5.76. The lowest BCUT2D eigenvalue weighted by Crippen LogP contribution is -2.49. The van der Waals surface area contributed by atoms with Gasteiger partial charge in [-0.05, 0) is 60.5 Å². The zero-order valence-electron chi connectivity index (χ0n) is 24.2. The van der Waals surface area contributed by atoms with Gasteiger partial charge in [0.05, 0.1) is 25.1 Å². The largest absolute Gasteiger partial charge is 0.379 e. The standard InChI is InChI=1S/C32H39N7O2/c1-23(2)38-10-12-39(13-11-38)31-20-26(8-9-33-31)32(40)35-28-7-6-24-4-5-25(18-27(24)19-28)29-21-34-36(3)30(29)22-37-14-16-41-17-15-37/h4-9,18-21,23H,10-17,22H2,1-3H3,(H,35,40). The molecule has 2 fully saturated rings. The maximum atomic E-state index is 13.3. The van der Waals surface area contributed by atoms with Gasteiger partial charge in [0, 0.05) is 81.9 Å². The van der Waals surface area contributed by atoms with Crippen molar-refractivity contribution < 1.29 is 9.53 Å². The number of carbonyl (C=O) groups is 1. The molecule has 9 heteroatoms. The number of fused-ring (bicyclic) bond motifs is 1. The number of morpholine rings is 1. The van der Waals surface area contributed by atoms with Crippen LogP contribution in [0, 0.1) is 0 Å². The number of piperazine rings is 1. The number of aromatic nitrogens is 3. The molecule has 0 atom stereocenters. The average Bonchev–Trinajstić information content (AvgIpc) is 3.36. The third kappa shape index (κ3) is 6.12. The second-order valence-corrected chi connectivity index (χ2v) is 11.3. The van der Waals surface area contributed by atoms with Crippen molar-refractivity contribution in [3.8, 4) is 11.1 Å². The predicted octanol–water partition coefficient (Wildman–Crippen LogP) is 4.25. The summed E-state index contributed by atoms with van der Waals surface area (Å²) in [6.07, 6.45) is 3.68. The van der Waals surface area contributed by atoms with Crippen LogP contribution in [0.3, 0.4) is 0 Å². The SMILES string of the molecule is CC(C)N1CCN(c2cc(C(=O)Nc3ccc4ccc(-c5cnn(C)c5CN5CCOCC5)cc4c3)ccn2)CC1. The smallest absolute Gasteiger partial charge is 0.255 e. The zero-order valence-corrected chi connectivity index (χ0v) is 24.2. The molecule has 214 valence electrons. The number of benzene rings is 2. The lowest BCUT2D eigenvalue weighted by atomic mass is 10.0. The number of hydrogen-bond donors (Lipinski definition) is 1.